The maximum absolute atomic E-state index is 12.7. The predicted molar refractivity (Wildman–Crippen MR) is 78.9 cm³/mol. The van der Waals surface area contributed by atoms with E-state index in [9.17, 15) is 13.2 Å². The zero-order valence-electron chi connectivity index (χ0n) is 12.8. The van der Waals surface area contributed by atoms with Crippen molar-refractivity contribution < 1.29 is 13.2 Å². The molecule has 0 saturated heterocycles. The molecule has 1 aromatic carbocycles. The molecule has 0 bridgehead atoms. The summed E-state index contributed by atoms with van der Waals surface area (Å²) in [4.78, 5) is 2.16. The van der Waals surface area contributed by atoms with Crippen LogP contribution in [0, 0.1) is 11.8 Å². The Kier molecular flexibility index (Phi) is 5.31. The van der Waals surface area contributed by atoms with Gasteiger partial charge in [0.2, 0.25) is 0 Å². The monoisotopic (exact) mass is 299 g/mol. The number of halogens is 3. The Labute approximate surface area is 125 Å². The molecule has 0 amide bonds. The van der Waals surface area contributed by atoms with Gasteiger partial charge in [-0.2, -0.15) is 13.2 Å². The summed E-state index contributed by atoms with van der Waals surface area (Å²) in [6, 6.07) is 5.67. The summed E-state index contributed by atoms with van der Waals surface area (Å²) >= 11 is 0. The molecule has 0 aliphatic heterocycles. The Hall–Kier alpha value is -1.03. The summed E-state index contributed by atoms with van der Waals surface area (Å²) in [7, 11) is 2.01. The number of benzene rings is 1. The summed E-state index contributed by atoms with van der Waals surface area (Å²) in [6.07, 6.45) is 0.806. The standard InChI is InChI=1S/C17H24F3N/c1-3-14-7-5-8-15(14)12-21(2)11-13-6-4-9-16(10-13)17(18,19)20/h4,6,9-10,14-15H,3,5,7-8,11-12H2,1-2H3. The fourth-order valence-corrected chi connectivity index (χ4v) is 3.51. The van der Waals surface area contributed by atoms with Crippen molar-refractivity contribution in [3.63, 3.8) is 0 Å². The molecular formula is C17H24F3N. The molecule has 1 aliphatic rings. The van der Waals surface area contributed by atoms with Crippen molar-refractivity contribution in [1.82, 2.24) is 4.90 Å². The molecule has 0 heterocycles. The minimum atomic E-state index is -4.26. The van der Waals surface area contributed by atoms with E-state index < -0.39 is 11.7 Å². The molecule has 2 unspecified atom stereocenters. The molecular weight excluding hydrogens is 275 g/mol. The van der Waals surface area contributed by atoms with Gasteiger partial charge in [-0.05, 0) is 36.9 Å². The molecule has 4 heteroatoms. The number of nitrogens with zero attached hydrogens (tertiary/aromatic N) is 1. The second-order valence-corrected chi connectivity index (χ2v) is 6.25. The van der Waals surface area contributed by atoms with Gasteiger partial charge in [-0.25, -0.2) is 0 Å². The summed E-state index contributed by atoms with van der Waals surface area (Å²) in [5.74, 6) is 1.49. The van der Waals surface area contributed by atoms with Crippen LogP contribution in [0.1, 0.15) is 43.7 Å². The highest BCUT2D eigenvalue weighted by Gasteiger charge is 2.30. The molecule has 118 valence electrons. The molecule has 1 saturated carbocycles. The maximum Gasteiger partial charge on any atom is 0.416 e. The van der Waals surface area contributed by atoms with Crippen LogP contribution in [0.3, 0.4) is 0 Å². The third-order valence-corrected chi connectivity index (χ3v) is 4.59. The highest BCUT2D eigenvalue weighted by atomic mass is 19.4. The largest absolute Gasteiger partial charge is 0.416 e. The fourth-order valence-electron chi connectivity index (χ4n) is 3.51. The zero-order valence-corrected chi connectivity index (χ0v) is 12.8. The summed E-state index contributed by atoms with van der Waals surface area (Å²) < 4.78 is 38.1. The van der Waals surface area contributed by atoms with E-state index in [0.717, 1.165) is 24.1 Å². The van der Waals surface area contributed by atoms with Crippen molar-refractivity contribution >= 4 is 0 Å². The Morgan fingerprint density at radius 3 is 2.57 bits per heavy atom. The average Bonchev–Trinajstić information content (AvgIpc) is 2.85. The Morgan fingerprint density at radius 1 is 1.19 bits per heavy atom. The fraction of sp³-hybridized carbons (Fsp3) is 0.647. The number of rotatable bonds is 5. The highest BCUT2D eigenvalue weighted by Crippen LogP contribution is 2.34. The first-order valence-electron chi connectivity index (χ1n) is 7.74. The first kappa shape index (κ1) is 16.3. The lowest BCUT2D eigenvalue weighted by Crippen LogP contribution is -2.27. The van der Waals surface area contributed by atoms with Crippen molar-refractivity contribution in [2.24, 2.45) is 11.8 Å². The second-order valence-electron chi connectivity index (χ2n) is 6.25. The van der Waals surface area contributed by atoms with Gasteiger partial charge in [0.05, 0.1) is 5.56 Å². The zero-order chi connectivity index (χ0) is 15.5. The summed E-state index contributed by atoms with van der Waals surface area (Å²) in [5.41, 5.74) is 0.180. The van der Waals surface area contributed by atoms with Gasteiger partial charge >= 0.3 is 6.18 Å². The van der Waals surface area contributed by atoms with Gasteiger partial charge in [0, 0.05) is 13.1 Å². The molecule has 0 N–H and O–H groups in total. The van der Waals surface area contributed by atoms with Crippen LogP contribution in [-0.2, 0) is 12.7 Å². The van der Waals surface area contributed by atoms with Crippen LogP contribution in [-0.4, -0.2) is 18.5 Å². The lowest BCUT2D eigenvalue weighted by Gasteiger charge is -2.25. The van der Waals surface area contributed by atoms with Crippen molar-refractivity contribution in [1.29, 1.82) is 0 Å². The van der Waals surface area contributed by atoms with Crippen LogP contribution in [0.4, 0.5) is 13.2 Å². The van der Waals surface area contributed by atoms with Crippen LogP contribution in [0.25, 0.3) is 0 Å². The van der Waals surface area contributed by atoms with E-state index >= 15 is 0 Å². The predicted octanol–water partition coefficient (Wildman–Crippen LogP) is 4.96. The lowest BCUT2D eigenvalue weighted by atomic mass is 9.93. The summed E-state index contributed by atoms with van der Waals surface area (Å²) in [6.45, 7) is 3.79. The molecule has 2 rings (SSSR count). The van der Waals surface area contributed by atoms with E-state index in [1.165, 1.54) is 37.8 Å². The summed E-state index contributed by atoms with van der Waals surface area (Å²) in [5, 5.41) is 0. The van der Waals surface area contributed by atoms with Crippen molar-refractivity contribution in [3.05, 3.63) is 35.4 Å². The van der Waals surface area contributed by atoms with Crippen molar-refractivity contribution in [2.45, 2.75) is 45.3 Å². The van der Waals surface area contributed by atoms with Gasteiger partial charge in [-0.1, -0.05) is 44.4 Å². The van der Waals surface area contributed by atoms with Crippen LogP contribution in [0.2, 0.25) is 0 Å². The van der Waals surface area contributed by atoms with Crippen molar-refractivity contribution in [3.8, 4) is 0 Å². The highest BCUT2D eigenvalue weighted by molar-refractivity contribution is 5.25. The van der Waals surface area contributed by atoms with Crippen LogP contribution in [0.15, 0.2) is 24.3 Å². The van der Waals surface area contributed by atoms with E-state index in [0.29, 0.717) is 12.5 Å². The normalized spacial score (nSPS) is 23.0. The quantitative estimate of drug-likeness (QED) is 0.742. The Balaban J connectivity index is 1.95. The van der Waals surface area contributed by atoms with E-state index in [4.69, 9.17) is 0 Å². The topological polar surface area (TPSA) is 3.24 Å². The van der Waals surface area contributed by atoms with Gasteiger partial charge in [0.1, 0.15) is 0 Å². The SMILES string of the molecule is CCC1CCCC1CN(C)Cc1cccc(C(F)(F)F)c1. The third kappa shape index (κ3) is 4.47. The van der Waals surface area contributed by atoms with Gasteiger partial charge in [0.15, 0.2) is 0 Å². The first-order chi connectivity index (χ1) is 9.90. The minimum absolute atomic E-state index is 0.555. The molecule has 1 nitrogen and oxygen atoms in total. The molecule has 0 radical (unpaired) electrons. The molecule has 0 aromatic heterocycles. The van der Waals surface area contributed by atoms with E-state index in [2.05, 4.69) is 11.8 Å². The Morgan fingerprint density at radius 2 is 1.90 bits per heavy atom. The Bertz CT molecular complexity index is 456. The first-order valence-corrected chi connectivity index (χ1v) is 7.74. The van der Waals surface area contributed by atoms with E-state index in [-0.39, 0.29) is 0 Å². The molecule has 1 aliphatic carbocycles. The van der Waals surface area contributed by atoms with Crippen LogP contribution >= 0.6 is 0 Å². The number of hydrogen-bond donors (Lipinski definition) is 0. The molecule has 21 heavy (non-hydrogen) atoms. The smallest absolute Gasteiger partial charge is 0.302 e. The minimum Gasteiger partial charge on any atom is -0.302 e. The molecule has 0 spiro atoms. The second kappa shape index (κ2) is 6.82. The molecule has 1 aromatic rings. The molecule has 1 fully saturated rings. The van der Waals surface area contributed by atoms with Gasteiger partial charge in [0.25, 0.3) is 0 Å². The number of hydrogen-bond acceptors (Lipinski definition) is 1. The van der Waals surface area contributed by atoms with Crippen molar-refractivity contribution in [2.75, 3.05) is 13.6 Å². The lowest BCUT2D eigenvalue weighted by molar-refractivity contribution is -0.137. The van der Waals surface area contributed by atoms with Crippen LogP contribution in [0.5, 0.6) is 0 Å². The van der Waals surface area contributed by atoms with Gasteiger partial charge in [-0.15, -0.1) is 0 Å². The van der Waals surface area contributed by atoms with Gasteiger partial charge < -0.3 is 4.90 Å². The molecule has 2 atom stereocenters. The van der Waals surface area contributed by atoms with E-state index in [1.54, 1.807) is 6.07 Å². The van der Waals surface area contributed by atoms with E-state index in [1.807, 2.05) is 7.05 Å². The van der Waals surface area contributed by atoms with Crippen LogP contribution < -0.4 is 0 Å². The van der Waals surface area contributed by atoms with Gasteiger partial charge in [-0.3, -0.25) is 0 Å². The third-order valence-electron chi connectivity index (χ3n) is 4.59. The maximum atomic E-state index is 12.7. The number of alkyl halides is 3. The average molecular weight is 299 g/mol.